The smallest absolute Gasteiger partial charge is 0.244 e. The lowest BCUT2D eigenvalue weighted by Gasteiger charge is -2.37. The van der Waals surface area contributed by atoms with Crippen LogP contribution < -0.4 is 15.1 Å². The highest BCUT2D eigenvalue weighted by Gasteiger charge is 2.29. The maximum atomic E-state index is 12.8. The summed E-state index contributed by atoms with van der Waals surface area (Å²) in [6.07, 6.45) is 7.89. The Morgan fingerprint density at radius 1 is 1.25 bits per heavy atom. The number of ether oxygens (including phenoxy) is 1. The van der Waals surface area contributed by atoms with E-state index in [2.05, 4.69) is 33.2 Å². The van der Waals surface area contributed by atoms with E-state index in [1.807, 2.05) is 55.8 Å². The molecule has 0 radical (unpaired) electrons. The van der Waals surface area contributed by atoms with Crippen LogP contribution >= 0.6 is 34.5 Å². The summed E-state index contributed by atoms with van der Waals surface area (Å²) in [4.78, 5) is 17.0. The lowest BCUT2D eigenvalue weighted by atomic mass is 10.2. The van der Waals surface area contributed by atoms with Crippen LogP contribution in [0.5, 0.6) is 5.75 Å². The third-order valence-corrected chi connectivity index (χ3v) is 6.19. The number of hydrogen-bond donors (Lipinski definition) is 1. The van der Waals surface area contributed by atoms with Crippen LogP contribution in [0.15, 0.2) is 54.1 Å². The van der Waals surface area contributed by atoms with Crippen LogP contribution in [0, 0.1) is 0 Å². The zero-order valence-electron chi connectivity index (χ0n) is 15.4. The van der Waals surface area contributed by atoms with Crippen molar-refractivity contribution < 1.29 is 9.53 Å². The van der Waals surface area contributed by atoms with Crippen molar-refractivity contribution in [1.82, 2.24) is 18.4 Å². The number of hydrogen-bond acceptors (Lipinski definition) is 6. The number of carbonyl (C=O) groups excluding carboxylic acids is 1. The average molecular weight is 514 g/mol. The van der Waals surface area contributed by atoms with Gasteiger partial charge in [0, 0.05) is 50.3 Å². The van der Waals surface area contributed by atoms with Crippen molar-refractivity contribution in [3.05, 3.63) is 59.2 Å². The molecule has 0 bridgehead atoms. The molecule has 28 heavy (non-hydrogen) atoms. The van der Waals surface area contributed by atoms with Crippen LogP contribution in [-0.4, -0.2) is 58.8 Å². The number of amides is 1. The van der Waals surface area contributed by atoms with Gasteiger partial charge in [0.25, 0.3) is 0 Å². The fourth-order valence-electron chi connectivity index (χ4n) is 3.48. The molecule has 0 aromatic heterocycles. The number of halogens is 2. The van der Waals surface area contributed by atoms with Gasteiger partial charge in [-0.2, -0.15) is 0 Å². The Balaban J connectivity index is 1.34. The van der Waals surface area contributed by atoms with Crippen LogP contribution in [-0.2, 0) is 4.79 Å². The van der Waals surface area contributed by atoms with Crippen LogP contribution in [0.4, 0.5) is 5.69 Å². The summed E-state index contributed by atoms with van der Waals surface area (Å²) in [7, 11) is 1.61. The molecule has 148 valence electrons. The molecule has 1 saturated heterocycles. The van der Waals surface area contributed by atoms with Gasteiger partial charge in [-0.25, -0.2) is 0 Å². The molecule has 3 aliphatic heterocycles. The largest absolute Gasteiger partial charge is 0.495 e. The zero-order chi connectivity index (χ0) is 19.7. The maximum Gasteiger partial charge on any atom is 0.244 e. The van der Waals surface area contributed by atoms with Crippen molar-refractivity contribution in [1.29, 1.82) is 0 Å². The van der Waals surface area contributed by atoms with E-state index in [0.717, 1.165) is 30.2 Å². The van der Waals surface area contributed by atoms with Crippen LogP contribution in [0.2, 0.25) is 5.02 Å². The van der Waals surface area contributed by atoms with Crippen molar-refractivity contribution in [2.24, 2.45) is 0 Å². The number of rotatable bonds is 4. The van der Waals surface area contributed by atoms with E-state index in [1.54, 1.807) is 7.11 Å². The maximum absolute atomic E-state index is 12.8. The van der Waals surface area contributed by atoms with Gasteiger partial charge in [-0.15, -0.1) is 0 Å². The second kappa shape index (κ2) is 8.12. The van der Waals surface area contributed by atoms with E-state index in [1.165, 1.54) is 0 Å². The first kappa shape index (κ1) is 19.3. The molecule has 4 rings (SSSR count). The van der Waals surface area contributed by atoms with E-state index >= 15 is 0 Å². The summed E-state index contributed by atoms with van der Waals surface area (Å²) in [5, 5.41) is 2.49. The third kappa shape index (κ3) is 3.75. The number of anilines is 1. The van der Waals surface area contributed by atoms with Gasteiger partial charge in [-0.3, -0.25) is 12.9 Å². The fourth-order valence-corrected chi connectivity index (χ4v) is 4.25. The molecule has 0 spiro atoms. The summed E-state index contributed by atoms with van der Waals surface area (Å²) < 4.78 is 7.31. The first-order valence-corrected chi connectivity index (χ1v) is 10.3. The standard InChI is InChI=1S/C19H21ClIN5O2/c1-28-18-11-14(4-5-15(18)20)23-7-9-24(10-8-23)19(27)13-26-16-3-2-6-25(21)17(16)12-22-26/h2-6,11-12,22H,7-10,13H2,1H3. The van der Waals surface area contributed by atoms with Gasteiger partial charge in [0.2, 0.25) is 5.91 Å². The van der Waals surface area contributed by atoms with Crippen molar-refractivity contribution in [3.63, 3.8) is 0 Å². The molecule has 0 saturated carbocycles. The van der Waals surface area contributed by atoms with Crippen molar-refractivity contribution in [2.75, 3.05) is 44.7 Å². The number of piperazine rings is 1. The molecule has 7 nitrogen and oxygen atoms in total. The zero-order valence-corrected chi connectivity index (χ0v) is 18.4. The first-order valence-electron chi connectivity index (χ1n) is 9.01. The third-order valence-electron chi connectivity index (χ3n) is 5.04. The first-order chi connectivity index (χ1) is 13.6. The van der Waals surface area contributed by atoms with E-state index in [-0.39, 0.29) is 5.91 Å². The topological polar surface area (TPSA) is 51.3 Å². The Labute approximate surface area is 183 Å². The fraction of sp³-hybridized carbons (Fsp3) is 0.316. The molecule has 3 heterocycles. The van der Waals surface area contributed by atoms with Gasteiger partial charge in [-0.05, 0) is 24.3 Å². The lowest BCUT2D eigenvalue weighted by Crippen LogP contribution is -2.51. The molecular weight excluding hydrogens is 493 g/mol. The van der Waals surface area contributed by atoms with E-state index < -0.39 is 0 Å². The van der Waals surface area contributed by atoms with Gasteiger partial charge in [0.05, 0.1) is 46.4 Å². The predicted octanol–water partition coefficient (Wildman–Crippen LogP) is 2.72. The highest BCUT2D eigenvalue weighted by atomic mass is 127. The number of benzene rings is 1. The van der Waals surface area contributed by atoms with Crippen molar-refractivity contribution >= 4 is 46.1 Å². The molecule has 9 heteroatoms. The van der Waals surface area contributed by atoms with Crippen molar-refractivity contribution in [3.8, 4) is 5.75 Å². The summed E-state index contributed by atoms with van der Waals surface area (Å²) >= 11 is 8.34. The monoisotopic (exact) mass is 513 g/mol. The second-order valence-corrected chi connectivity index (χ2v) is 8.08. The predicted molar refractivity (Wildman–Crippen MR) is 118 cm³/mol. The van der Waals surface area contributed by atoms with Gasteiger partial charge in [0.15, 0.2) is 0 Å². The summed E-state index contributed by atoms with van der Waals surface area (Å²) in [5.74, 6) is 0.783. The molecule has 0 aliphatic carbocycles. The number of fused-ring (bicyclic) bond motifs is 1. The van der Waals surface area contributed by atoms with Crippen molar-refractivity contribution in [2.45, 2.75) is 0 Å². The summed E-state index contributed by atoms with van der Waals surface area (Å²) in [5.41, 5.74) is 6.31. The minimum Gasteiger partial charge on any atom is -0.495 e. The molecule has 0 unspecified atom stereocenters. The molecule has 1 fully saturated rings. The van der Waals surface area contributed by atoms with Crippen LogP contribution in [0.3, 0.4) is 0 Å². The quantitative estimate of drug-likeness (QED) is 0.494. The number of nitrogens with zero attached hydrogens (tertiary/aromatic N) is 4. The molecule has 1 amide bonds. The molecular formula is C19H21ClIN5O2. The Morgan fingerprint density at radius 2 is 2.04 bits per heavy atom. The van der Waals surface area contributed by atoms with Crippen LogP contribution in [0.25, 0.3) is 0 Å². The highest BCUT2D eigenvalue weighted by molar-refractivity contribution is 14.1. The summed E-state index contributed by atoms with van der Waals surface area (Å²) in [6, 6.07) is 5.78. The number of methoxy groups -OCH3 is 1. The van der Waals surface area contributed by atoms with Gasteiger partial charge in [-0.1, -0.05) is 11.6 Å². The van der Waals surface area contributed by atoms with Crippen LogP contribution in [0.1, 0.15) is 0 Å². The molecule has 1 N–H and O–H groups in total. The van der Waals surface area contributed by atoms with Gasteiger partial charge < -0.3 is 20.0 Å². The average Bonchev–Trinajstić information content (AvgIpc) is 3.13. The Morgan fingerprint density at radius 3 is 2.79 bits per heavy atom. The minimum atomic E-state index is 0.117. The Kier molecular flexibility index (Phi) is 5.58. The summed E-state index contributed by atoms with van der Waals surface area (Å²) in [6.45, 7) is 3.24. The number of hydrazine groups is 1. The second-order valence-electron chi connectivity index (χ2n) is 6.64. The normalized spacial score (nSPS) is 18.5. The lowest BCUT2D eigenvalue weighted by molar-refractivity contribution is -0.132. The number of nitrogens with one attached hydrogen (secondary N) is 1. The van der Waals surface area contributed by atoms with E-state index in [0.29, 0.717) is 30.4 Å². The Bertz CT molecular complexity index is 864. The van der Waals surface area contributed by atoms with E-state index in [9.17, 15) is 4.79 Å². The Hall–Kier alpha value is -2.07. The highest BCUT2D eigenvalue weighted by Crippen LogP contribution is 2.31. The molecule has 0 atom stereocenters. The SMILES string of the molecule is COc1cc(N2CCN(C(=O)CN3NC=C4C3=CC=CN4I)CC2)ccc1Cl. The molecule has 3 aliphatic rings. The number of carbonyl (C=O) groups is 1. The van der Waals surface area contributed by atoms with E-state index in [4.69, 9.17) is 16.3 Å². The van der Waals surface area contributed by atoms with Gasteiger partial charge >= 0.3 is 0 Å². The molecule has 1 aromatic carbocycles. The van der Waals surface area contributed by atoms with Gasteiger partial charge in [0.1, 0.15) is 12.3 Å². The molecule has 1 aromatic rings. The minimum absolute atomic E-state index is 0.117. The number of allylic oxidation sites excluding steroid dienone is 2.